The summed E-state index contributed by atoms with van der Waals surface area (Å²) in [6, 6.07) is 15.5. The summed E-state index contributed by atoms with van der Waals surface area (Å²) >= 11 is 8.77. The van der Waals surface area contributed by atoms with Crippen molar-refractivity contribution in [1.82, 2.24) is 15.0 Å². The maximum absolute atomic E-state index is 14.7. The van der Waals surface area contributed by atoms with E-state index in [2.05, 4.69) is 97.8 Å². The van der Waals surface area contributed by atoms with Crippen LogP contribution in [0, 0.1) is 35.3 Å². The Morgan fingerprint density at radius 2 is 1.02 bits per heavy atom. The maximum Gasteiger partial charge on any atom is 0.256 e. The van der Waals surface area contributed by atoms with Gasteiger partial charge in [-0.3, -0.25) is 29.7 Å². The number of hydrogen-bond acceptors (Lipinski definition) is 15. The Labute approximate surface area is 495 Å². The lowest BCUT2D eigenvalue weighted by atomic mass is 9.73. The molecule has 3 saturated carbocycles. The number of rotatable bonds is 7. The van der Waals surface area contributed by atoms with Crippen molar-refractivity contribution in [1.29, 1.82) is 0 Å². The topological polar surface area (TPSA) is 183 Å². The monoisotopic (exact) mass is 1180 g/mol. The number of aromatic nitrogens is 3. The van der Waals surface area contributed by atoms with Gasteiger partial charge in [0.05, 0.1) is 22.8 Å². The first kappa shape index (κ1) is 58.2. The van der Waals surface area contributed by atoms with Gasteiger partial charge in [-0.2, -0.15) is 0 Å². The smallest absolute Gasteiger partial charge is 0.256 e. The maximum atomic E-state index is 14.7. The molecule has 8 heterocycles. The Bertz CT molecular complexity index is 3540. The fourth-order valence-corrected chi connectivity index (χ4v) is 19.2. The van der Waals surface area contributed by atoms with E-state index in [-0.39, 0.29) is 36.7 Å². The molecule has 0 radical (unpaired) electrons. The molecule has 6 aromatic rings. The molecule has 6 aliphatic rings. The van der Waals surface area contributed by atoms with Crippen molar-refractivity contribution >= 4 is 85.2 Å². The summed E-state index contributed by atoms with van der Waals surface area (Å²) in [4.78, 5) is 42.0. The number of hydrogen-bond donors (Lipinski definition) is 4. The van der Waals surface area contributed by atoms with Gasteiger partial charge in [-0.15, -0.1) is 34.5 Å². The molecule has 3 aliphatic heterocycles. The van der Waals surface area contributed by atoms with Crippen LogP contribution >= 0.6 is 58.0 Å². The van der Waals surface area contributed by atoms with Crippen molar-refractivity contribution in [3.63, 3.8) is 0 Å². The fraction of sp³-hybridized carbons (Fsp3) is 0.413. The van der Waals surface area contributed by atoms with E-state index in [1.807, 2.05) is 69.1 Å². The predicted octanol–water partition coefficient (Wildman–Crippen LogP) is 14.9. The molecule has 3 atom stereocenters. The third-order valence-corrected chi connectivity index (χ3v) is 22.5. The minimum Gasteiger partial charge on any atom is -0.378 e. The van der Waals surface area contributed by atoms with Crippen molar-refractivity contribution in [2.24, 2.45) is 32.2 Å². The van der Waals surface area contributed by atoms with Crippen LogP contribution in [-0.2, 0) is 16.6 Å². The van der Waals surface area contributed by atoms with E-state index in [1.54, 1.807) is 34.4 Å². The van der Waals surface area contributed by atoms with E-state index in [0.29, 0.717) is 17.2 Å². The van der Waals surface area contributed by atoms with E-state index in [0.717, 1.165) is 70.9 Å². The molecule has 7 N–H and O–H groups in total. The normalized spacial score (nSPS) is 23.8. The molecular weight excluding hydrogens is 1110 g/mol. The van der Waals surface area contributed by atoms with E-state index < -0.39 is 23.1 Å². The molecule has 3 aliphatic carbocycles. The molecule has 0 bridgehead atoms. The first-order valence-electron chi connectivity index (χ1n) is 27.6. The van der Waals surface area contributed by atoms with Gasteiger partial charge in [0.25, 0.3) is 5.91 Å². The van der Waals surface area contributed by atoms with Crippen LogP contribution in [0.3, 0.4) is 0 Å². The summed E-state index contributed by atoms with van der Waals surface area (Å²) in [5.74, 6) is 10.9. The van der Waals surface area contributed by atoms with E-state index in [4.69, 9.17) is 27.2 Å². The number of thiophene rings is 2. The molecule has 12 rings (SSSR count). The molecule has 0 saturated heterocycles. The average molecular weight is 1180 g/mol. The van der Waals surface area contributed by atoms with Crippen LogP contribution in [0.2, 0.25) is 0 Å². The van der Waals surface area contributed by atoms with Gasteiger partial charge in [-0.05, 0) is 169 Å². The number of aliphatic imine (C=N–C) groups is 3. The Morgan fingerprint density at radius 3 is 1.48 bits per heavy atom. The van der Waals surface area contributed by atoms with Crippen molar-refractivity contribution in [2.75, 3.05) is 5.32 Å². The third kappa shape index (κ3) is 13.3. The average Bonchev–Trinajstić information content (AvgIpc) is 4.05. The second kappa shape index (κ2) is 24.1. The predicted molar refractivity (Wildman–Crippen MR) is 336 cm³/mol. The number of halogens is 2. The highest BCUT2D eigenvalue weighted by Crippen LogP contribution is 2.57. The Morgan fingerprint density at radius 1 is 0.556 bits per heavy atom. The molecule has 18 heteroatoms. The second-order valence-electron chi connectivity index (χ2n) is 22.8. The second-order valence-corrected chi connectivity index (χ2v) is 29.1. The van der Waals surface area contributed by atoms with Crippen molar-refractivity contribution < 1.29 is 13.6 Å². The molecule has 11 nitrogen and oxygen atoms in total. The SMILES string of the molecule is CC#Cc1cncc(-c2csc(C3(C)CC4(CCCC4)SC(N)=N3)c2)c1.CC#Cc1cncc(-c2csc(C3(C)CC4(CCCCC4)SC(N)=N3)c2)c1.CC1(c2cc(C(=O)Nc3ccc(F)cn3)ccc2F)CC2(CCC2)SC(N)=N1. The van der Waals surface area contributed by atoms with Crippen LogP contribution in [0.25, 0.3) is 22.3 Å². The largest absolute Gasteiger partial charge is 0.378 e. The van der Waals surface area contributed by atoms with Crippen molar-refractivity contribution in [3.8, 4) is 45.9 Å². The Kier molecular flexibility index (Phi) is 17.3. The lowest BCUT2D eigenvalue weighted by Gasteiger charge is -2.48. The minimum atomic E-state index is -0.829. The zero-order valence-corrected chi connectivity index (χ0v) is 50.5. The molecule has 3 spiro atoms. The van der Waals surface area contributed by atoms with E-state index in [9.17, 15) is 13.6 Å². The summed E-state index contributed by atoms with van der Waals surface area (Å²) < 4.78 is 28.3. The van der Waals surface area contributed by atoms with Gasteiger partial charge in [-0.25, -0.2) is 13.8 Å². The summed E-state index contributed by atoms with van der Waals surface area (Å²) in [6.07, 6.45) is 26.1. The number of amidine groups is 3. The molecule has 3 unspecified atom stereocenters. The van der Waals surface area contributed by atoms with Crippen LogP contribution in [0.5, 0.6) is 0 Å². The number of benzene rings is 1. The van der Waals surface area contributed by atoms with Gasteiger partial charge in [-0.1, -0.05) is 85.7 Å². The number of thioether (sulfide) groups is 3. The zero-order chi connectivity index (χ0) is 57.0. The molecule has 3 fully saturated rings. The highest BCUT2D eigenvalue weighted by molar-refractivity contribution is 8.15. The number of amides is 1. The van der Waals surface area contributed by atoms with Crippen LogP contribution < -0.4 is 22.5 Å². The Balaban J connectivity index is 0.000000136. The molecule has 1 amide bonds. The third-order valence-electron chi connectivity index (χ3n) is 16.3. The molecule has 420 valence electrons. The number of nitrogens with zero attached hydrogens (tertiary/aromatic N) is 6. The molecule has 1 aromatic carbocycles. The lowest BCUT2D eigenvalue weighted by molar-refractivity contribution is 0.102. The number of pyridine rings is 3. The van der Waals surface area contributed by atoms with Crippen LogP contribution in [0.4, 0.5) is 14.6 Å². The fourth-order valence-electron chi connectivity index (χ4n) is 12.5. The van der Waals surface area contributed by atoms with Crippen molar-refractivity contribution in [3.05, 3.63) is 140 Å². The summed E-state index contributed by atoms with van der Waals surface area (Å²) in [5, 5.41) is 8.96. The summed E-state index contributed by atoms with van der Waals surface area (Å²) in [6.45, 7) is 10.1. The van der Waals surface area contributed by atoms with Crippen LogP contribution in [0.1, 0.15) is 168 Å². The van der Waals surface area contributed by atoms with Gasteiger partial charge in [0, 0.05) is 82.2 Å². The van der Waals surface area contributed by atoms with E-state index in [1.165, 1.54) is 109 Å². The van der Waals surface area contributed by atoms with Crippen molar-refractivity contribution in [2.45, 2.75) is 162 Å². The van der Waals surface area contributed by atoms with Gasteiger partial charge in [0.2, 0.25) is 0 Å². The van der Waals surface area contributed by atoms with E-state index >= 15 is 0 Å². The summed E-state index contributed by atoms with van der Waals surface area (Å²) in [7, 11) is 0. The Hall–Kier alpha value is -6.02. The quantitative estimate of drug-likeness (QED) is 0.112. The number of nitrogens with two attached hydrogens (primary N) is 3. The number of carbonyl (C=O) groups is 1. The first-order chi connectivity index (χ1) is 38.8. The number of nitrogens with one attached hydrogen (secondary N) is 1. The molecule has 5 aromatic heterocycles. The molecule has 81 heavy (non-hydrogen) atoms. The standard InChI is InChI=1S/C22H25N3S2.C21H23N3S2.C20H20F2N4OS/c1-3-7-16-10-17(13-24-12-16)18-11-19(26-14-18)21(2)15-22(27-20(23)25-21)8-5-4-6-9-22;1-3-6-15-9-16(12-23-11-15)17-10-18(25-13-17)20(2)14-21(7-4-5-8-21)26-19(22)24-20;1-19(11-20(7-2-8-20)28-18(23)26-19)14-9-12(3-5-15(14)22)17(27)25-16-6-4-13(21)10-24-16/h10-14H,4-6,8-9,15H2,1-2H3,(H2,23,25);9-13H,4-5,7-8,14H2,1-2H3,(H2,22,24);3-6,9-10H,2,7-8,11H2,1H3,(H2,23,26)(H,24,25,27). The summed E-state index contributed by atoms with van der Waals surface area (Å²) in [5.41, 5.74) is 24.5. The first-order valence-corrected chi connectivity index (χ1v) is 31.8. The van der Waals surface area contributed by atoms with Gasteiger partial charge in [0.15, 0.2) is 15.5 Å². The number of anilines is 1. The lowest BCUT2D eigenvalue weighted by Crippen LogP contribution is -2.46. The zero-order valence-electron chi connectivity index (χ0n) is 46.5. The minimum absolute atomic E-state index is 0.00329. The van der Waals surface area contributed by atoms with Crippen LogP contribution in [-0.4, -0.2) is 50.6 Å². The van der Waals surface area contributed by atoms with Gasteiger partial charge >= 0.3 is 0 Å². The van der Waals surface area contributed by atoms with Gasteiger partial charge in [0.1, 0.15) is 17.5 Å². The highest BCUT2D eigenvalue weighted by atomic mass is 32.2. The van der Waals surface area contributed by atoms with Gasteiger partial charge < -0.3 is 22.5 Å². The highest BCUT2D eigenvalue weighted by Gasteiger charge is 2.50. The van der Waals surface area contributed by atoms with Crippen LogP contribution in [0.15, 0.2) is 111 Å². The molecular formula is C63H68F2N10OS5. The number of carbonyl (C=O) groups excluding carboxylic acids is 1.